The van der Waals surface area contributed by atoms with E-state index in [1.54, 1.807) is 0 Å². The SMILES string of the molecule is CC1CC1NC(=O)C1CCC(C(=O)O)CC1. The molecule has 0 aliphatic heterocycles. The van der Waals surface area contributed by atoms with Crippen molar-refractivity contribution in [3.05, 3.63) is 0 Å². The first-order chi connectivity index (χ1) is 7.58. The van der Waals surface area contributed by atoms with Crippen LogP contribution in [0.15, 0.2) is 0 Å². The Morgan fingerprint density at radius 3 is 2.06 bits per heavy atom. The van der Waals surface area contributed by atoms with Crippen LogP contribution in [0.2, 0.25) is 0 Å². The lowest BCUT2D eigenvalue weighted by Crippen LogP contribution is -2.36. The minimum atomic E-state index is -0.713. The molecular weight excluding hydrogens is 206 g/mol. The summed E-state index contributed by atoms with van der Waals surface area (Å²) in [7, 11) is 0. The van der Waals surface area contributed by atoms with E-state index >= 15 is 0 Å². The number of nitrogens with one attached hydrogen (secondary N) is 1. The molecule has 0 bridgehead atoms. The minimum Gasteiger partial charge on any atom is -0.481 e. The van der Waals surface area contributed by atoms with E-state index in [0.717, 1.165) is 19.3 Å². The Labute approximate surface area is 95.4 Å². The molecule has 2 saturated carbocycles. The van der Waals surface area contributed by atoms with E-state index in [2.05, 4.69) is 12.2 Å². The van der Waals surface area contributed by atoms with Crippen molar-refractivity contribution < 1.29 is 14.7 Å². The number of amides is 1. The maximum atomic E-state index is 11.8. The van der Waals surface area contributed by atoms with Gasteiger partial charge in [0, 0.05) is 12.0 Å². The maximum absolute atomic E-state index is 11.8. The van der Waals surface area contributed by atoms with E-state index in [0.29, 0.717) is 24.8 Å². The van der Waals surface area contributed by atoms with E-state index in [4.69, 9.17) is 5.11 Å². The quantitative estimate of drug-likeness (QED) is 0.763. The zero-order chi connectivity index (χ0) is 11.7. The number of rotatable bonds is 3. The van der Waals surface area contributed by atoms with Crippen molar-refractivity contribution in [1.82, 2.24) is 5.32 Å². The fourth-order valence-corrected chi connectivity index (χ4v) is 2.43. The molecule has 0 aromatic rings. The van der Waals surface area contributed by atoms with Crippen LogP contribution in [0, 0.1) is 17.8 Å². The number of hydrogen-bond donors (Lipinski definition) is 2. The van der Waals surface area contributed by atoms with Crippen LogP contribution in [0.1, 0.15) is 39.0 Å². The van der Waals surface area contributed by atoms with Crippen molar-refractivity contribution in [3.8, 4) is 0 Å². The van der Waals surface area contributed by atoms with Gasteiger partial charge in [0.15, 0.2) is 0 Å². The van der Waals surface area contributed by atoms with E-state index in [-0.39, 0.29) is 17.7 Å². The second kappa shape index (κ2) is 4.44. The summed E-state index contributed by atoms with van der Waals surface area (Å²) in [5, 5.41) is 11.9. The Hall–Kier alpha value is -1.06. The number of carbonyl (C=O) groups is 2. The summed E-state index contributed by atoms with van der Waals surface area (Å²) in [4.78, 5) is 22.6. The number of carbonyl (C=O) groups excluding carboxylic acids is 1. The number of carboxylic acids is 1. The molecule has 0 radical (unpaired) electrons. The lowest BCUT2D eigenvalue weighted by Gasteiger charge is -2.25. The highest BCUT2D eigenvalue weighted by Crippen LogP contribution is 2.32. The molecule has 2 aliphatic rings. The lowest BCUT2D eigenvalue weighted by molar-refractivity contribution is -0.144. The van der Waals surface area contributed by atoms with Gasteiger partial charge >= 0.3 is 5.97 Å². The number of hydrogen-bond acceptors (Lipinski definition) is 2. The second-order valence-corrected chi connectivity index (χ2v) is 5.21. The molecular formula is C12H19NO3. The van der Waals surface area contributed by atoms with Gasteiger partial charge < -0.3 is 10.4 Å². The molecule has 2 fully saturated rings. The molecule has 16 heavy (non-hydrogen) atoms. The summed E-state index contributed by atoms with van der Waals surface area (Å²) < 4.78 is 0. The number of carboxylic acid groups (broad SMARTS) is 1. The van der Waals surface area contributed by atoms with Crippen LogP contribution in [0.25, 0.3) is 0 Å². The van der Waals surface area contributed by atoms with Crippen LogP contribution in [0.5, 0.6) is 0 Å². The van der Waals surface area contributed by atoms with Gasteiger partial charge in [0.25, 0.3) is 0 Å². The zero-order valence-electron chi connectivity index (χ0n) is 9.61. The van der Waals surface area contributed by atoms with E-state index < -0.39 is 5.97 Å². The molecule has 2 atom stereocenters. The third kappa shape index (κ3) is 2.54. The van der Waals surface area contributed by atoms with Gasteiger partial charge in [-0.15, -0.1) is 0 Å². The largest absolute Gasteiger partial charge is 0.481 e. The first-order valence-electron chi connectivity index (χ1n) is 6.11. The Kier molecular flexibility index (Phi) is 3.17. The molecule has 2 N–H and O–H groups in total. The first kappa shape index (κ1) is 11.4. The summed E-state index contributed by atoms with van der Waals surface area (Å²) in [5.74, 6) is -0.139. The van der Waals surface area contributed by atoms with Gasteiger partial charge in [0.1, 0.15) is 0 Å². The van der Waals surface area contributed by atoms with Crippen LogP contribution in [-0.4, -0.2) is 23.0 Å². The monoisotopic (exact) mass is 225 g/mol. The second-order valence-electron chi connectivity index (χ2n) is 5.21. The molecule has 2 aliphatic carbocycles. The van der Waals surface area contributed by atoms with Crippen molar-refractivity contribution in [2.24, 2.45) is 17.8 Å². The predicted molar refractivity (Wildman–Crippen MR) is 58.8 cm³/mol. The van der Waals surface area contributed by atoms with Crippen LogP contribution >= 0.6 is 0 Å². The molecule has 0 saturated heterocycles. The summed E-state index contributed by atoms with van der Waals surface area (Å²) >= 11 is 0. The Balaban J connectivity index is 1.75. The van der Waals surface area contributed by atoms with Crippen molar-refractivity contribution in [2.75, 3.05) is 0 Å². The van der Waals surface area contributed by atoms with E-state index in [9.17, 15) is 9.59 Å². The van der Waals surface area contributed by atoms with Crippen molar-refractivity contribution in [3.63, 3.8) is 0 Å². The van der Waals surface area contributed by atoms with Crippen LogP contribution in [0.4, 0.5) is 0 Å². The van der Waals surface area contributed by atoms with Gasteiger partial charge in [-0.3, -0.25) is 9.59 Å². The highest BCUT2D eigenvalue weighted by atomic mass is 16.4. The first-order valence-corrected chi connectivity index (χ1v) is 6.11. The summed E-state index contributed by atoms with van der Waals surface area (Å²) in [6.45, 7) is 2.13. The normalized spacial score (nSPS) is 37.8. The summed E-state index contributed by atoms with van der Waals surface area (Å²) in [6.07, 6.45) is 3.84. The molecule has 4 nitrogen and oxygen atoms in total. The fraction of sp³-hybridized carbons (Fsp3) is 0.833. The third-order valence-electron chi connectivity index (χ3n) is 3.88. The molecule has 2 unspecified atom stereocenters. The summed E-state index contributed by atoms with van der Waals surface area (Å²) in [6, 6.07) is 0.379. The molecule has 1 amide bonds. The van der Waals surface area contributed by atoms with Gasteiger partial charge in [0.05, 0.1) is 5.92 Å². The lowest BCUT2D eigenvalue weighted by atomic mass is 9.81. The Morgan fingerprint density at radius 2 is 1.62 bits per heavy atom. The molecule has 0 aromatic carbocycles. The molecule has 2 rings (SSSR count). The smallest absolute Gasteiger partial charge is 0.306 e. The average Bonchev–Trinajstić information content (AvgIpc) is 2.94. The third-order valence-corrected chi connectivity index (χ3v) is 3.88. The van der Waals surface area contributed by atoms with Crippen LogP contribution < -0.4 is 5.32 Å². The van der Waals surface area contributed by atoms with E-state index in [1.807, 2.05) is 0 Å². The highest BCUT2D eigenvalue weighted by Gasteiger charge is 2.36. The average molecular weight is 225 g/mol. The van der Waals surface area contributed by atoms with E-state index in [1.165, 1.54) is 0 Å². The molecule has 0 heterocycles. The van der Waals surface area contributed by atoms with Gasteiger partial charge in [0.2, 0.25) is 5.91 Å². The zero-order valence-corrected chi connectivity index (χ0v) is 9.61. The standard InChI is InChI=1S/C12H19NO3/c1-7-6-10(7)13-11(14)8-2-4-9(5-3-8)12(15)16/h7-10H,2-6H2,1H3,(H,13,14)(H,15,16). The topological polar surface area (TPSA) is 66.4 Å². The molecule has 90 valence electrons. The van der Waals surface area contributed by atoms with Crippen LogP contribution in [0.3, 0.4) is 0 Å². The Morgan fingerprint density at radius 1 is 1.12 bits per heavy atom. The molecule has 0 spiro atoms. The summed E-state index contributed by atoms with van der Waals surface area (Å²) in [5.41, 5.74) is 0. The van der Waals surface area contributed by atoms with Gasteiger partial charge in [-0.2, -0.15) is 0 Å². The molecule has 0 aromatic heterocycles. The van der Waals surface area contributed by atoms with Gasteiger partial charge in [-0.1, -0.05) is 6.92 Å². The maximum Gasteiger partial charge on any atom is 0.306 e. The fourth-order valence-electron chi connectivity index (χ4n) is 2.43. The van der Waals surface area contributed by atoms with Crippen molar-refractivity contribution >= 4 is 11.9 Å². The van der Waals surface area contributed by atoms with Crippen molar-refractivity contribution in [2.45, 2.75) is 45.1 Å². The van der Waals surface area contributed by atoms with Crippen LogP contribution in [-0.2, 0) is 9.59 Å². The minimum absolute atomic E-state index is 0.0448. The van der Waals surface area contributed by atoms with Gasteiger partial charge in [-0.25, -0.2) is 0 Å². The van der Waals surface area contributed by atoms with Gasteiger partial charge in [-0.05, 0) is 38.0 Å². The Bertz CT molecular complexity index is 295. The predicted octanol–water partition coefficient (Wildman–Crippen LogP) is 1.40. The molecule has 4 heteroatoms. The number of aliphatic carboxylic acids is 1. The van der Waals surface area contributed by atoms with Crippen molar-refractivity contribution in [1.29, 1.82) is 0 Å². The highest BCUT2D eigenvalue weighted by molar-refractivity contribution is 5.80.